The summed E-state index contributed by atoms with van der Waals surface area (Å²) in [5.74, 6) is 1.05. The second-order valence-electron chi connectivity index (χ2n) is 5.40. The van der Waals surface area contributed by atoms with Gasteiger partial charge in [0.25, 0.3) is 0 Å². The van der Waals surface area contributed by atoms with Crippen LogP contribution in [0.5, 0.6) is 5.75 Å². The molecule has 2 aliphatic rings. The highest BCUT2D eigenvalue weighted by atomic mass is 16.6. The van der Waals surface area contributed by atoms with Crippen molar-refractivity contribution >= 4 is 0 Å². The molecule has 0 amide bonds. The fraction of sp³-hybridized carbons (Fsp3) is 0.625. The molecule has 1 saturated heterocycles. The normalized spacial score (nSPS) is 23.1. The fourth-order valence-corrected chi connectivity index (χ4v) is 2.85. The highest BCUT2D eigenvalue weighted by Crippen LogP contribution is 2.29. The predicted molar refractivity (Wildman–Crippen MR) is 77.2 cm³/mol. The van der Waals surface area contributed by atoms with Gasteiger partial charge in [-0.1, -0.05) is 19.1 Å². The minimum absolute atomic E-state index is 0.176. The van der Waals surface area contributed by atoms with E-state index in [0.29, 0.717) is 19.3 Å². The van der Waals surface area contributed by atoms with Crippen LogP contribution in [0.25, 0.3) is 0 Å². The summed E-state index contributed by atoms with van der Waals surface area (Å²) in [6.45, 7) is 5.99. The van der Waals surface area contributed by atoms with Crippen LogP contribution in [0.3, 0.4) is 0 Å². The lowest BCUT2D eigenvalue weighted by Crippen LogP contribution is -2.38. The maximum absolute atomic E-state index is 5.68. The number of hydrogen-bond acceptors (Lipinski definition) is 4. The minimum atomic E-state index is 0.176. The van der Waals surface area contributed by atoms with Crippen molar-refractivity contribution in [1.29, 1.82) is 0 Å². The van der Waals surface area contributed by atoms with E-state index in [2.05, 4.69) is 30.4 Å². The molecule has 2 unspecified atom stereocenters. The van der Waals surface area contributed by atoms with E-state index in [1.54, 1.807) is 0 Å². The maximum Gasteiger partial charge on any atom is 0.122 e. The Bertz CT molecular complexity index is 443. The predicted octanol–water partition coefficient (Wildman–Crippen LogP) is 2.08. The number of fused-ring (bicyclic) bond motifs is 1. The topological polar surface area (TPSA) is 39.7 Å². The number of benzene rings is 1. The van der Waals surface area contributed by atoms with Gasteiger partial charge >= 0.3 is 0 Å². The van der Waals surface area contributed by atoms with Crippen molar-refractivity contribution in [2.45, 2.75) is 31.9 Å². The zero-order chi connectivity index (χ0) is 13.8. The first-order chi connectivity index (χ1) is 9.86. The van der Waals surface area contributed by atoms with Crippen LogP contribution in [0, 0.1) is 0 Å². The van der Waals surface area contributed by atoms with E-state index in [-0.39, 0.29) is 6.10 Å². The lowest BCUT2D eigenvalue weighted by molar-refractivity contribution is -0.0871. The molecule has 2 atom stereocenters. The summed E-state index contributed by atoms with van der Waals surface area (Å²) in [4.78, 5) is 0. The quantitative estimate of drug-likeness (QED) is 0.894. The summed E-state index contributed by atoms with van der Waals surface area (Å²) >= 11 is 0. The molecule has 0 radical (unpaired) electrons. The lowest BCUT2D eigenvalue weighted by Gasteiger charge is -2.26. The molecule has 0 aliphatic carbocycles. The van der Waals surface area contributed by atoms with Gasteiger partial charge in [-0.15, -0.1) is 0 Å². The Morgan fingerprint density at radius 3 is 3.05 bits per heavy atom. The Morgan fingerprint density at radius 2 is 2.25 bits per heavy atom. The number of rotatable bonds is 5. The fourth-order valence-electron chi connectivity index (χ4n) is 2.85. The number of hydrogen-bond donors (Lipinski definition) is 1. The summed E-state index contributed by atoms with van der Waals surface area (Å²) in [6.07, 6.45) is 2.27. The van der Waals surface area contributed by atoms with Gasteiger partial charge in [-0.05, 0) is 23.6 Å². The van der Waals surface area contributed by atoms with Gasteiger partial charge in [-0.25, -0.2) is 0 Å². The third-order valence-corrected chi connectivity index (χ3v) is 4.00. The Labute approximate surface area is 120 Å². The molecule has 4 heteroatoms. The van der Waals surface area contributed by atoms with Crippen molar-refractivity contribution in [2.24, 2.45) is 0 Å². The van der Waals surface area contributed by atoms with E-state index >= 15 is 0 Å². The molecule has 0 aromatic heterocycles. The van der Waals surface area contributed by atoms with E-state index in [9.17, 15) is 0 Å². The molecular weight excluding hydrogens is 254 g/mol. The monoisotopic (exact) mass is 277 g/mol. The van der Waals surface area contributed by atoms with E-state index in [0.717, 1.165) is 38.3 Å². The van der Waals surface area contributed by atoms with Crippen LogP contribution in [0.15, 0.2) is 18.2 Å². The molecule has 2 aliphatic heterocycles. The zero-order valence-electron chi connectivity index (χ0n) is 12.1. The number of ether oxygens (including phenoxy) is 3. The van der Waals surface area contributed by atoms with Crippen LogP contribution in [-0.4, -0.2) is 39.1 Å². The van der Waals surface area contributed by atoms with Crippen molar-refractivity contribution in [1.82, 2.24) is 5.32 Å². The van der Waals surface area contributed by atoms with Gasteiger partial charge in [-0.2, -0.15) is 0 Å². The van der Waals surface area contributed by atoms with E-state index in [1.807, 2.05) is 0 Å². The lowest BCUT2D eigenvalue weighted by atomic mass is 10.0. The highest BCUT2D eigenvalue weighted by Gasteiger charge is 2.18. The number of nitrogens with one attached hydrogen (secondary N) is 1. The average Bonchev–Trinajstić information content (AvgIpc) is 2.96. The zero-order valence-corrected chi connectivity index (χ0v) is 12.1. The molecular formula is C16H23NO3. The summed E-state index contributed by atoms with van der Waals surface area (Å²) in [6, 6.07) is 6.92. The molecule has 110 valence electrons. The van der Waals surface area contributed by atoms with Gasteiger partial charge in [0.1, 0.15) is 5.75 Å². The Hall–Kier alpha value is -1.10. The summed E-state index contributed by atoms with van der Waals surface area (Å²) in [5.41, 5.74) is 2.67. The Balaban J connectivity index is 1.60. The van der Waals surface area contributed by atoms with Gasteiger partial charge in [-0.3, -0.25) is 0 Å². The molecule has 0 bridgehead atoms. The van der Waals surface area contributed by atoms with E-state index in [4.69, 9.17) is 14.2 Å². The third kappa shape index (κ3) is 3.14. The average molecular weight is 277 g/mol. The van der Waals surface area contributed by atoms with Crippen molar-refractivity contribution < 1.29 is 14.2 Å². The van der Waals surface area contributed by atoms with Gasteiger partial charge in [0.15, 0.2) is 0 Å². The van der Waals surface area contributed by atoms with E-state index in [1.165, 1.54) is 11.1 Å². The molecule has 0 spiro atoms. The second kappa shape index (κ2) is 6.57. The van der Waals surface area contributed by atoms with Crippen LogP contribution < -0.4 is 10.1 Å². The minimum Gasteiger partial charge on any atom is -0.493 e. The molecule has 3 rings (SSSR count). The standard InChI is InChI=1S/C16H23NO3/c1-2-15(17-10-14-11-18-7-8-19-14)12-3-4-16-13(9-12)5-6-20-16/h3-4,9,14-15,17H,2,5-8,10-11H2,1H3. The first-order valence-electron chi connectivity index (χ1n) is 7.55. The van der Waals surface area contributed by atoms with Gasteiger partial charge in [0, 0.05) is 19.0 Å². The van der Waals surface area contributed by atoms with Crippen LogP contribution in [-0.2, 0) is 15.9 Å². The third-order valence-electron chi connectivity index (χ3n) is 4.00. The highest BCUT2D eigenvalue weighted by molar-refractivity contribution is 5.40. The van der Waals surface area contributed by atoms with Crippen LogP contribution in [0.2, 0.25) is 0 Å². The molecule has 1 N–H and O–H groups in total. The summed E-state index contributed by atoms with van der Waals surface area (Å²) in [5, 5.41) is 3.60. The SMILES string of the molecule is CCC(NCC1COCCO1)c1ccc2c(c1)CCO2. The molecule has 1 fully saturated rings. The van der Waals surface area contributed by atoms with E-state index < -0.39 is 0 Å². The Morgan fingerprint density at radius 1 is 1.30 bits per heavy atom. The largest absolute Gasteiger partial charge is 0.493 e. The van der Waals surface area contributed by atoms with Crippen molar-refractivity contribution in [3.63, 3.8) is 0 Å². The summed E-state index contributed by atoms with van der Waals surface area (Å²) in [7, 11) is 0. The molecule has 20 heavy (non-hydrogen) atoms. The van der Waals surface area contributed by atoms with Gasteiger partial charge in [0.05, 0.1) is 32.5 Å². The molecule has 4 nitrogen and oxygen atoms in total. The first-order valence-corrected chi connectivity index (χ1v) is 7.55. The van der Waals surface area contributed by atoms with Crippen LogP contribution in [0.4, 0.5) is 0 Å². The second-order valence-corrected chi connectivity index (χ2v) is 5.40. The Kier molecular flexibility index (Phi) is 4.55. The summed E-state index contributed by atoms with van der Waals surface area (Å²) < 4.78 is 16.7. The van der Waals surface area contributed by atoms with Crippen molar-refractivity contribution in [3.05, 3.63) is 29.3 Å². The van der Waals surface area contributed by atoms with Crippen LogP contribution in [0.1, 0.15) is 30.5 Å². The van der Waals surface area contributed by atoms with Gasteiger partial charge < -0.3 is 19.5 Å². The smallest absolute Gasteiger partial charge is 0.122 e. The molecule has 2 heterocycles. The molecule has 0 saturated carbocycles. The van der Waals surface area contributed by atoms with Gasteiger partial charge in [0.2, 0.25) is 0 Å². The molecule has 1 aromatic rings. The maximum atomic E-state index is 5.68. The van der Waals surface area contributed by atoms with Crippen LogP contribution >= 0.6 is 0 Å². The molecule has 1 aromatic carbocycles. The van der Waals surface area contributed by atoms with Crippen molar-refractivity contribution in [3.8, 4) is 5.75 Å². The van der Waals surface area contributed by atoms with Crippen molar-refractivity contribution in [2.75, 3.05) is 33.0 Å². The first kappa shape index (κ1) is 13.9.